The monoisotopic (exact) mass is 388 g/mol. The van der Waals surface area contributed by atoms with Gasteiger partial charge < -0.3 is 19.0 Å². The Kier molecular flexibility index (Phi) is 6.46. The van der Waals surface area contributed by atoms with Crippen molar-refractivity contribution in [1.29, 1.82) is 0 Å². The fourth-order valence-electron chi connectivity index (χ4n) is 3.06. The second-order valence-corrected chi connectivity index (χ2v) is 7.07. The molecule has 2 amide bonds. The average Bonchev–Trinajstić information content (AvgIpc) is 3.42. The van der Waals surface area contributed by atoms with Crippen molar-refractivity contribution in [3.05, 3.63) is 59.3 Å². The molecule has 0 saturated heterocycles. The molecule has 1 aliphatic carbocycles. The zero-order chi connectivity index (χ0) is 20.1. The highest BCUT2D eigenvalue weighted by atomic mass is 19.1. The number of amides is 2. The molecule has 1 aliphatic rings. The number of nitrogens with zero attached hydrogens (tertiary/aromatic N) is 2. The van der Waals surface area contributed by atoms with Crippen LogP contribution in [0.3, 0.4) is 0 Å². The highest BCUT2D eigenvalue weighted by Crippen LogP contribution is 2.27. The molecule has 0 atom stereocenters. The van der Waals surface area contributed by atoms with Crippen molar-refractivity contribution in [3.63, 3.8) is 0 Å². The second-order valence-electron chi connectivity index (χ2n) is 7.07. The summed E-state index contributed by atoms with van der Waals surface area (Å²) in [6.45, 7) is 2.37. The molecular weight excluding hydrogens is 363 g/mol. The van der Waals surface area contributed by atoms with Gasteiger partial charge in [0.15, 0.2) is 0 Å². The molecule has 0 unspecified atom stereocenters. The third-order valence-electron chi connectivity index (χ3n) is 4.66. The molecule has 1 saturated carbocycles. The third-order valence-corrected chi connectivity index (χ3v) is 4.66. The van der Waals surface area contributed by atoms with Gasteiger partial charge in [-0.1, -0.05) is 12.1 Å². The molecule has 3 rings (SSSR count). The van der Waals surface area contributed by atoms with Crippen LogP contribution in [0.2, 0.25) is 0 Å². The standard InChI is InChI=1S/C21H25FN2O4/c1-15-3-10-19(28-15)12-23(11-16-4-6-17(22)7-5-16)20(25)13-24(18-8-9-18)21(26)14-27-2/h3-7,10,18H,8-9,11-14H2,1-2H3. The predicted octanol–water partition coefficient (Wildman–Crippen LogP) is 2.89. The lowest BCUT2D eigenvalue weighted by atomic mass is 10.2. The molecule has 0 bridgehead atoms. The number of hydrogen-bond donors (Lipinski definition) is 0. The number of hydrogen-bond acceptors (Lipinski definition) is 4. The lowest BCUT2D eigenvalue weighted by molar-refractivity contribution is -0.144. The largest absolute Gasteiger partial charge is 0.464 e. The molecule has 1 aromatic heterocycles. The van der Waals surface area contributed by atoms with E-state index in [9.17, 15) is 14.0 Å². The van der Waals surface area contributed by atoms with Crippen molar-refractivity contribution in [1.82, 2.24) is 9.80 Å². The van der Waals surface area contributed by atoms with Crippen LogP contribution in [0, 0.1) is 12.7 Å². The summed E-state index contributed by atoms with van der Waals surface area (Å²) in [6.07, 6.45) is 1.80. The maximum atomic E-state index is 13.2. The van der Waals surface area contributed by atoms with Gasteiger partial charge in [-0.05, 0) is 49.6 Å². The van der Waals surface area contributed by atoms with Crippen LogP contribution in [0.5, 0.6) is 0 Å². The first-order chi connectivity index (χ1) is 13.5. The number of halogens is 1. The summed E-state index contributed by atoms with van der Waals surface area (Å²) < 4.78 is 23.8. The molecular formula is C21H25FN2O4. The van der Waals surface area contributed by atoms with Gasteiger partial charge in [0.05, 0.1) is 6.54 Å². The summed E-state index contributed by atoms with van der Waals surface area (Å²) >= 11 is 0. The number of ether oxygens (including phenoxy) is 1. The molecule has 1 heterocycles. The molecule has 1 aromatic carbocycles. The first-order valence-corrected chi connectivity index (χ1v) is 9.32. The molecule has 0 N–H and O–H groups in total. The van der Waals surface area contributed by atoms with Crippen LogP contribution in [-0.4, -0.2) is 47.9 Å². The van der Waals surface area contributed by atoms with E-state index in [0.717, 1.165) is 24.2 Å². The van der Waals surface area contributed by atoms with Gasteiger partial charge in [-0.3, -0.25) is 9.59 Å². The van der Waals surface area contributed by atoms with Crippen molar-refractivity contribution in [3.8, 4) is 0 Å². The van der Waals surface area contributed by atoms with Gasteiger partial charge in [0.2, 0.25) is 11.8 Å². The van der Waals surface area contributed by atoms with E-state index >= 15 is 0 Å². The number of carbonyl (C=O) groups excluding carboxylic acids is 2. The van der Waals surface area contributed by atoms with Gasteiger partial charge in [0.1, 0.15) is 30.5 Å². The van der Waals surface area contributed by atoms with E-state index in [1.165, 1.54) is 19.2 Å². The van der Waals surface area contributed by atoms with Crippen molar-refractivity contribution < 1.29 is 23.1 Å². The van der Waals surface area contributed by atoms with E-state index in [2.05, 4.69) is 0 Å². The van der Waals surface area contributed by atoms with Crippen molar-refractivity contribution in [2.75, 3.05) is 20.3 Å². The second kappa shape index (κ2) is 9.01. The maximum Gasteiger partial charge on any atom is 0.249 e. The number of rotatable bonds is 9. The van der Waals surface area contributed by atoms with Gasteiger partial charge in [0, 0.05) is 19.7 Å². The van der Waals surface area contributed by atoms with Crippen LogP contribution in [0.1, 0.15) is 29.9 Å². The molecule has 0 aliphatic heterocycles. The minimum absolute atomic E-state index is 0.00620. The van der Waals surface area contributed by atoms with Crippen molar-refractivity contribution in [2.45, 2.75) is 38.9 Å². The fourth-order valence-corrected chi connectivity index (χ4v) is 3.06. The number of furan rings is 1. The van der Waals surface area contributed by atoms with Crippen molar-refractivity contribution >= 4 is 11.8 Å². The zero-order valence-corrected chi connectivity index (χ0v) is 16.2. The topological polar surface area (TPSA) is 63.0 Å². The summed E-state index contributed by atoms with van der Waals surface area (Å²) in [7, 11) is 1.46. The molecule has 6 nitrogen and oxygen atoms in total. The normalized spacial score (nSPS) is 13.4. The summed E-state index contributed by atoms with van der Waals surface area (Å²) in [5, 5.41) is 0. The first-order valence-electron chi connectivity index (χ1n) is 9.32. The van der Waals surface area contributed by atoms with Crippen molar-refractivity contribution in [2.24, 2.45) is 0 Å². The number of methoxy groups -OCH3 is 1. The van der Waals surface area contributed by atoms with E-state index < -0.39 is 0 Å². The summed E-state index contributed by atoms with van der Waals surface area (Å²) in [4.78, 5) is 28.6. The summed E-state index contributed by atoms with van der Waals surface area (Å²) in [5.74, 6) is 0.727. The highest BCUT2D eigenvalue weighted by molar-refractivity contribution is 5.85. The van der Waals surface area contributed by atoms with Crippen LogP contribution in [-0.2, 0) is 27.4 Å². The zero-order valence-electron chi connectivity index (χ0n) is 16.2. The smallest absolute Gasteiger partial charge is 0.249 e. The fraction of sp³-hybridized carbons (Fsp3) is 0.429. The lowest BCUT2D eigenvalue weighted by Crippen LogP contribution is -2.44. The van der Waals surface area contributed by atoms with Gasteiger partial charge in [0.25, 0.3) is 0 Å². The Morgan fingerprint density at radius 2 is 1.82 bits per heavy atom. The Morgan fingerprint density at radius 1 is 1.11 bits per heavy atom. The molecule has 1 fully saturated rings. The number of benzene rings is 1. The number of aryl methyl sites for hydroxylation is 1. The van der Waals surface area contributed by atoms with E-state index in [1.54, 1.807) is 21.9 Å². The Hall–Kier alpha value is -2.67. The Balaban J connectivity index is 1.74. The first kappa shape index (κ1) is 20.1. The molecule has 2 aromatic rings. The summed E-state index contributed by atoms with van der Waals surface area (Å²) in [5.41, 5.74) is 0.805. The molecule has 0 radical (unpaired) electrons. The Labute approximate surface area is 163 Å². The van der Waals surface area contributed by atoms with Crippen LogP contribution in [0.25, 0.3) is 0 Å². The van der Waals surface area contributed by atoms with Crippen LogP contribution >= 0.6 is 0 Å². The molecule has 0 spiro atoms. The Morgan fingerprint density at radius 3 is 2.39 bits per heavy atom. The Bertz CT molecular complexity index is 814. The van der Waals surface area contributed by atoms with Gasteiger partial charge >= 0.3 is 0 Å². The van der Waals surface area contributed by atoms with Crippen LogP contribution in [0.15, 0.2) is 40.8 Å². The predicted molar refractivity (Wildman–Crippen MR) is 101 cm³/mol. The number of carbonyl (C=O) groups is 2. The van der Waals surface area contributed by atoms with E-state index in [-0.39, 0.29) is 43.4 Å². The van der Waals surface area contributed by atoms with E-state index in [0.29, 0.717) is 12.3 Å². The maximum absolute atomic E-state index is 13.2. The SMILES string of the molecule is COCC(=O)N(CC(=O)N(Cc1ccc(F)cc1)Cc1ccc(C)o1)C1CC1. The van der Waals surface area contributed by atoms with E-state index in [4.69, 9.17) is 9.15 Å². The lowest BCUT2D eigenvalue weighted by Gasteiger charge is -2.27. The van der Waals surface area contributed by atoms with Crippen LogP contribution < -0.4 is 0 Å². The van der Waals surface area contributed by atoms with Crippen LogP contribution in [0.4, 0.5) is 4.39 Å². The molecule has 150 valence electrons. The highest BCUT2D eigenvalue weighted by Gasteiger charge is 2.34. The third kappa shape index (κ3) is 5.42. The van der Waals surface area contributed by atoms with Gasteiger partial charge in [-0.15, -0.1) is 0 Å². The van der Waals surface area contributed by atoms with Gasteiger partial charge in [-0.2, -0.15) is 0 Å². The quantitative estimate of drug-likeness (QED) is 0.663. The van der Waals surface area contributed by atoms with Gasteiger partial charge in [-0.25, -0.2) is 4.39 Å². The average molecular weight is 388 g/mol. The minimum Gasteiger partial charge on any atom is -0.464 e. The van der Waals surface area contributed by atoms with E-state index in [1.807, 2.05) is 19.1 Å². The summed E-state index contributed by atoms with van der Waals surface area (Å²) in [6, 6.07) is 9.81. The molecule has 28 heavy (non-hydrogen) atoms. The minimum atomic E-state index is -0.326. The molecule has 7 heteroatoms.